The number of rotatable bonds is 3. The second kappa shape index (κ2) is 4.70. The zero-order chi connectivity index (χ0) is 11.6. The molecule has 0 spiro atoms. The fraction of sp³-hybridized carbons (Fsp3) is 0.300. The Morgan fingerprint density at radius 3 is 2.47 bits per heavy atom. The molecule has 0 atom stereocenters. The van der Waals surface area contributed by atoms with Gasteiger partial charge in [-0.25, -0.2) is 8.78 Å². The van der Waals surface area contributed by atoms with E-state index in [1.54, 1.807) is 0 Å². The van der Waals surface area contributed by atoms with E-state index in [1.807, 2.05) is 0 Å². The van der Waals surface area contributed by atoms with Gasteiger partial charge < -0.3 is 4.74 Å². The Morgan fingerprint density at radius 1 is 1.47 bits per heavy atom. The Labute approximate surface area is 94.4 Å². The van der Waals surface area contributed by atoms with E-state index >= 15 is 0 Å². The van der Waals surface area contributed by atoms with Crippen molar-refractivity contribution >= 4 is 21.7 Å². The van der Waals surface area contributed by atoms with Gasteiger partial charge in [0.05, 0.1) is 11.6 Å². The van der Waals surface area contributed by atoms with E-state index in [0.29, 0.717) is 0 Å². The summed E-state index contributed by atoms with van der Waals surface area (Å²) in [6, 6.07) is 2.60. The maximum atomic E-state index is 12.6. The summed E-state index contributed by atoms with van der Waals surface area (Å²) in [5.74, 6) is -0.0410. The van der Waals surface area contributed by atoms with Crippen LogP contribution in [0.1, 0.15) is 29.3 Å². The van der Waals surface area contributed by atoms with Crippen molar-refractivity contribution in [3.63, 3.8) is 0 Å². The molecular weight excluding hydrogens is 270 g/mol. The molecule has 0 aromatic heterocycles. The van der Waals surface area contributed by atoms with Gasteiger partial charge in [0, 0.05) is 11.1 Å². The Morgan fingerprint density at radius 2 is 2.07 bits per heavy atom. The molecule has 2 nitrogen and oxygen atoms in total. The minimum Gasteiger partial charge on any atom is -0.496 e. The summed E-state index contributed by atoms with van der Waals surface area (Å²) in [5, 5.41) is 0. The third kappa shape index (κ3) is 2.53. The molecule has 0 radical (unpaired) electrons. The van der Waals surface area contributed by atoms with Crippen LogP contribution in [0.15, 0.2) is 16.6 Å². The van der Waals surface area contributed by atoms with Crippen LogP contribution in [0.25, 0.3) is 0 Å². The lowest BCUT2D eigenvalue weighted by Crippen LogP contribution is -1.98. The van der Waals surface area contributed by atoms with Gasteiger partial charge in [0.1, 0.15) is 5.75 Å². The van der Waals surface area contributed by atoms with Crippen molar-refractivity contribution < 1.29 is 18.3 Å². The minimum absolute atomic E-state index is 0.185. The molecule has 0 fully saturated rings. The second-order valence-electron chi connectivity index (χ2n) is 2.94. The lowest BCUT2D eigenvalue weighted by atomic mass is 10.1. The normalized spacial score (nSPS) is 10.5. The maximum Gasteiger partial charge on any atom is 0.265 e. The number of ether oxygens (including phenoxy) is 1. The van der Waals surface area contributed by atoms with Crippen LogP contribution in [0, 0.1) is 0 Å². The fourth-order valence-electron chi connectivity index (χ4n) is 1.13. The molecule has 0 saturated carbocycles. The number of carbonyl (C=O) groups excluding carboxylic acids is 1. The van der Waals surface area contributed by atoms with Gasteiger partial charge in [0.2, 0.25) is 0 Å². The van der Waals surface area contributed by atoms with E-state index < -0.39 is 6.43 Å². The average molecular weight is 279 g/mol. The quantitative estimate of drug-likeness (QED) is 0.790. The number of halogens is 3. The van der Waals surface area contributed by atoms with Crippen molar-refractivity contribution in [3.8, 4) is 5.75 Å². The van der Waals surface area contributed by atoms with E-state index in [1.165, 1.54) is 26.2 Å². The molecule has 1 aromatic rings. The Hall–Kier alpha value is -0.970. The molecule has 0 amide bonds. The first-order valence-electron chi connectivity index (χ1n) is 4.14. The van der Waals surface area contributed by atoms with Crippen LogP contribution in [-0.4, -0.2) is 12.9 Å². The second-order valence-corrected chi connectivity index (χ2v) is 3.73. The number of hydrogen-bond acceptors (Lipinski definition) is 2. The summed E-state index contributed by atoms with van der Waals surface area (Å²) < 4.78 is 30.3. The summed E-state index contributed by atoms with van der Waals surface area (Å²) in [4.78, 5) is 11.1. The molecule has 0 aliphatic carbocycles. The third-order valence-corrected chi connectivity index (χ3v) is 2.78. The van der Waals surface area contributed by atoms with Crippen LogP contribution >= 0.6 is 15.9 Å². The maximum absolute atomic E-state index is 12.6. The molecule has 1 aromatic carbocycles. The van der Waals surface area contributed by atoms with Gasteiger partial charge in [-0.2, -0.15) is 0 Å². The molecule has 0 N–H and O–H groups in total. The van der Waals surface area contributed by atoms with Crippen molar-refractivity contribution in [3.05, 3.63) is 27.7 Å². The molecule has 0 heterocycles. The van der Waals surface area contributed by atoms with Crippen molar-refractivity contribution in [1.82, 2.24) is 0 Å². The molecule has 82 valence electrons. The summed E-state index contributed by atoms with van der Waals surface area (Å²) >= 11 is 3.01. The van der Waals surface area contributed by atoms with E-state index in [9.17, 15) is 13.6 Å². The van der Waals surface area contributed by atoms with Gasteiger partial charge in [-0.05, 0) is 35.0 Å². The topological polar surface area (TPSA) is 26.3 Å². The largest absolute Gasteiger partial charge is 0.496 e. The zero-order valence-corrected chi connectivity index (χ0v) is 9.77. The predicted octanol–water partition coefficient (Wildman–Crippen LogP) is 3.60. The van der Waals surface area contributed by atoms with Gasteiger partial charge in [-0.1, -0.05) is 0 Å². The van der Waals surface area contributed by atoms with Crippen molar-refractivity contribution in [2.24, 2.45) is 0 Å². The third-order valence-electron chi connectivity index (χ3n) is 1.93. The Kier molecular flexibility index (Phi) is 3.79. The first-order chi connectivity index (χ1) is 6.97. The first kappa shape index (κ1) is 12.1. The highest BCUT2D eigenvalue weighted by atomic mass is 79.9. The summed E-state index contributed by atoms with van der Waals surface area (Å²) in [6.45, 7) is 1.32. The number of methoxy groups -OCH3 is 1. The number of Topliss-reactive ketones (excluding diaryl/α,β-unsaturated/α-hetero) is 1. The highest BCUT2D eigenvalue weighted by Gasteiger charge is 2.18. The van der Waals surface area contributed by atoms with E-state index in [0.717, 1.165) is 0 Å². The number of carbonyl (C=O) groups is 1. The lowest BCUT2D eigenvalue weighted by Gasteiger charge is -2.10. The molecule has 0 aliphatic rings. The van der Waals surface area contributed by atoms with E-state index in [2.05, 4.69) is 15.9 Å². The molecule has 0 aliphatic heterocycles. The minimum atomic E-state index is -2.65. The number of alkyl halides is 2. The van der Waals surface area contributed by atoms with Crippen molar-refractivity contribution in [2.45, 2.75) is 13.3 Å². The highest BCUT2D eigenvalue weighted by molar-refractivity contribution is 9.10. The van der Waals surface area contributed by atoms with Gasteiger partial charge in [-0.3, -0.25) is 4.79 Å². The van der Waals surface area contributed by atoms with Crippen LogP contribution in [0.4, 0.5) is 8.78 Å². The highest BCUT2D eigenvalue weighted by Crippen LogP contribution is 2.35. The Bertz CT molecular complexity index is 391. The van der Waals surface area contributed by atoms with Crippen LogP contribution < -0.4 is 4.74 Å². The molecule has 15 heavy (non-hydrogen) atoms. The fourth-order valence-corrected chi connectivity index (χ4v) is 1.69. The summed E-state index contributed by atoms with van der Waals surface area (Å²) in [7, 11) is 1.36. The van der Waals surface area contributed by atoms with Gasteiger partial charge in [0.25, 0.3) is 6.43 Å². The predicted molar refractivity (Wildman–Crippen MR) is 55.7 cm³/mol. The lowest BCUT2D eigenvalue weighted by molar-refractivity contribution is 0.101. The molecule has 0 bridgehead atoms. The monoisotopic (exact) mass is 278 g/mol. The van der Waals surface area contributed by atoms with Crippen LogP contribution in [0.3, 0.4) is 0 Å². The molecule has 0 unspecified atom stereocenters. The van der Waals surface area contributed by atoms with Crippen LogP contribution in [0.2, 0.25) is 0 Å². The number of benzene rings is 1. The average Bonchev–Trinajstić information content (AvgIpc) is 2.17. The van der Waals surface area contributed by atoms with Gasteiger partial charge >= 0.3 is 0 Å². The molecule has 5 heteroatoms. The molecule has 0 saturated heterocycles. The van der Waals surface area contributed by atoms with E-state index in [4.69, 9.17) is 4.74 Å². The van der Waals surface area contributed by atoms with Crippen molar-refractivity contribution in [1.29, 1.82) is 0 Å². The molecule has 1 rings (SSSR count). The summed E-state index contributed by atoms with van der Waals surface area (Å²) in [5.41, 5.74) is -0.0232. The zero-order valence-electron chi connectivity index (χ0n) is 8.18. The van der Waals surface area contributed by atoms with Crippen LogP contribution in [-0.2, 0) is 0 Å². The molecular formula is C10H9BrF2O2. The van der Waals surface area contributed by atoms with Gasteiger partial charge in [-0.15, -0.1) is 0 Å². The first-order valence-corrected chi connectivity index (χ1v) is 4.93. The number of hydrogen-bond donors (Lipinski definition) is 0. The summed E-state index contributed by atoms with van der Waals surface area (Å²) in [6.07, 6.45) is -2.65. The van der Waals surface area contributed by atoms with E-state index in [-0.39, 0.29) is 27.1 Å². The van der Waals surface area contributed by atoms with Gasteiger partial charge in [0.15, 0.2) is 5.78 Å². The smallest absolute Gasteiger partial charge is 0.265 e. The Balaban J connectivity index is 3.38. The van der Waals surface area contributed by atoms with Crippen LogP contribution in [0.5, 0.6) is 5.75 Å². The number of ketones is 1. The SMILES string of the molecule is COc1cc(C(C)=O)cc(C(F)F)c1Br. The van der Waals surface area contributed by atoms with Crippen molar-refractivity contribution in [2.75, 3.05) is 7.11 Å². The standard InChI is InChI=1S/C10H9BrF2O2/c1-5(14)6-3-7(10(12)13)9(11)8(4-6)15-2/h3-4,10H,1-2H3.